The number of amides is 4. The van der Waals surface area contributed by atoms with Gasteiger partial charge in [0.1, 0.15) is 11.4 Å². The molecule has 4 amide bonds. The summed E-state index contributed by atoms with van der Waals surface area (Å²) in [5.74, 6) is -2.00. The van der Waals surface area contributed by atoms with Crippen LogP contribution in [0.15, 0.2) is 29.2 Å². The van der Waals surface area contributed by atoms with Crippen LogP contribution in [-0.2, 0) is 19.1 Å². The minimum absolute atomic E-state index is 0.00681. The molecular weight excluding hydrogens is 474 g/mol. The topological polar surface area (TPSA) is 136 Å². The molecule has 1 atom stereocenters. The minimum Gasteiger partial charge on any atom is -0.508 e. The van der Waals surface area contributed by atoms with Crippen molar-refractivity contribution in [1.82, 2.24) is 15.3 Å². The van der Waals surface area contributed by atoms with E-state index in [1.54, 1.807) is 32.9 Å². The molecule has 3 N–H and O–H groups in total. The molecule has 1 aromatic carbocycles. The van der Waals surface area contributed by atoms with E-state index in [1.807, 2.05) is 13.8 Å². The predicted molar refractivity (Wildman–Crippen MR) is 132 cm³/mol. The van der Waals surface area contributed by atoms with Crippen molar-refractivity contribution < 1.29 is 34.2 Å². The quantitative estimate of drug-likeness (QED) is 0.177. The van der Waals surface area contributed by atoms with Crippen molar-refractivity contribution >= 4 is 35.6 Å². The second-order valence-corrected chi connectivity index (χ2v) is 10.6. The number of benzene rings is 1. The molecule has 1 aromatic rings. The van der Waals surface area contributed by atoms with E-state index in [2.05, 4.69) is 5.32 Å². The molecular formula is C24H37N3O7S. The molecule has 0 aliphatic heterocycles. The van der Waals surface area contributed by atoms with Crippen LogP contribution in [0.3, 0.4) is 0 Å². The van der Waals surface area contributed by atoms with Gasteiger partial charge in [0.2, 0.25) is 17.7 Å². The number of carbonyl (C=O) groups is 4. The van der Waals surface area contributed by atoms with Crippen LogP contribution < -0.4 is 5.32 Å². The van der Waals surface area contributed by atoms with Gasteiger partial charge in [-0.05, 0) is 57.4 Å². The highest BCUT2D eigenvalue weighted by atomic mass is 32.2. The molecule has 0 heterocycles. The van der Waals surface area contributed by atoms with Crippen LogP contribution in [0.25, 0.3) is 0 Å². The average Bonchev–Trinajstić information content (AvgIpc) is 2.75. The molecule has 11 heteroatoms. The Labute approximate surface area is 210 Å². The van der Waals surface area contributed by atoms with Crippen molar-refractivity contribution in [2.75, 3.05) is 19.5 Å². The van der Waals surface area contributed by atoms with E-state index in [0.29, 0.717) is 11.5 Å². The number of hydrogen-bond donors (Lipinski definition) is 3. The lowest BCUT2D eigenvalue weighted by molar-refractivity contribution is -0.163. The lowest BCUT2D eigenvalue weighted by Crippen LogP contribution is -2.41. The second kappa shape index (κ2) is 13.9. The third-order valence-corrected chi connectivity index (χ3v) is 5.68. The van der Waals surface area contributed by atoms with Gasteiger partial charge in [-0.2, -0.15) is 0 Å². The summed E-state index contributed by atoms with van der Waals surface area (Å²) in [6.07, 6.45) is -0.658. The number of imide groups is 1. The molecule has 10 nitrogen and oxygen atoms in total. The average molecular weight is 512 g/mol. The van der Waals surface area contributed by atoms with Gasteiger partial charge in [0.05, 0.1) is 5.88 Å². The molecule has 0 aliphatic rings. The number of rotatable bonds is 11. The van der Waals surface area contributed by atoms with E-state index in [4.69, 9.17) is 4.74 Å². The van der Waals surface area contributed by atoms with Crippen molar-refractivity contribution in [2.24, 2.45) is 11.8 Å². The lowest BCUT2D eigenvalue weighted by atomic mass is 9.93. The zero-order chi connectivity index (χ0) is 26.8. The molecule has 0 radical (unpaired) electrons. The molecule has 0 fully saturated rings. The van der Waals surface area contributed by atoms with Crippen LogP contribution in [0.5, 0.6) is 5.75 Å². The number of ether oxygens (including phenoxy) is 1. The number of phenolic OH excluding ortho intramolecular Hbond substituents is 1. The van der Waals surface area contributed by atoms with Gasteiger partial charge in [0, 0.05) is 37.2 Å². The summed E-state index contributed by atoms with van der Waals surface area (Å²) < 4.78 is 5.15. The Balaban J connectivity index is 2.58. The first kappa shape index (κ1) is 30.2. The van der Waals surface area contributed by atoms with E-state index in [0.717, 1.165) is 9.80 Å². The molecule has 1 rings (SSSR count). The number of carbonyl (C=O) groups excluding carboxylic acids is 4. The Bertz CT molecular complexity index is 869. The van der Waals surface area contributed by atoms with Crippen LogP contribution in [0.1, 0.15) is 53.9 Å². The number of nitrogens with zero attached hydrogens (tertiary/aromatic N) is 2. The molecule has 0 saturated heterocycles. The van der Waals surface area contributed by atoms with Gasteiger partial charge in [-0.15, -0.1) is 11.8 Å². The highest BCUT2D eigenvalue weighted by molar-refractivity contribution is 7.99. The molecule has 0 bridgehead atoms. The molecule has 196 valence electrons. The zero-order valence-electron chi connectivity index (χ0n) is 21.2. The van der Waals surface area contributed by atoms with Crippen molar-refractivity contribution in [1.29, 1.82) is 0 Å². The summed E-state index contributed by atoms with van der Waals surface area (Å²) in [4.78, 5) is 51.1. The number of hydroxylamine groups is 2. The Kier molecular flexibility index (Phi) is 12.0. The molecule has 0 spiro atoms. The molecule has 0 aliphatic carbocycles. The van der Waals surface area contributed by atoms with Gasteiger partial charge in [-0.3, -0.25) is 24.5 Å². The highest BCUT2D eigenvalue weighted by Gasteiger charge is 2.27. The van der Waals surface area contributed by atoms with Gasteiger partial charge >= 0.3 is 6.09 Å². The maximum Gasteiger partial charge on any atom is 0.416 e. The summed E-state index contributed by atoms with van der Waals surface area (Å²) in [6, 6.07) is 6.33. The molecule has 0 unspecified atom stereocenters. The smallest absolute Gasteiger partial charge is 0.416 e. The van der Waals surface area contributed by atoms with E-state index in [-0.39, 0.29) is 36.9 Å². The maximum atomic E-state index is 12.7. The van der Waals surface area contributed by atoms with Crippen molar-refractivity contribution in [3.8, 4) is 5.75 Å². The number of hydrogen-bond acceptors (Lipinski definition) is 8. The summed E-state index contributed by atoms with van der Waals surface area (Å²) in [7, 11) is 1.31. The van der Waals surface area contributed by atoms with Gasteiger partial charge < -0.3 is 15.2 Å². The monoisotopic (exact) mass is 511 g/mol. The number of nitrogens with one attached hydrogen (secondary N) is 1. The van der Waals surface area contributed by atoms with Crippen molar-refractivity contribution in [3.63, 3.8) is 0 Å². The predicted octanol–water partition coefficient (Wildman–Crippen LogP) is 3.61. The van der Waals surface area contributed by atoms with Crippen molar-refractivity contribution in [2.45, 2.75) is 64.4 Å². The lowest BCUT2D eigenvalue weighted by Gasteiger charge is -2.24. The SMILES string of the molecule is CC(C)C[C@H](CC(=O)N(O)CSc1ccc(O)cc1)C(=O)NCCC(=O)N(C)C(=O)OC(C)(C)C. The van der Waals surface area contributed by atoms with Crippen molar-refractivity contribution in [3.05, 3.63) is 24.3 Å². The number of thioether (sulfide) groups is 1. The number of phenols is 1. The summed E-state index contributed by atoms with van der Waals surface area (Å²) >= 11 is 1.20. The van der Waals surface area contributed by atoms with Crippen LogP contribution >= 0.6 is 11.8 Å². The van der Waals surface area contributed by atoms with Crippen LogP contribution in [0.2, 0.25) is 0 Å². The first-order chi connectivity index (χ1) is 16.2. The largest absolute Gasteiger partial charge is 0.508 e. The first-order valence-electron chi connectivity index (χ1n) is 11.4. The maximum absolute atomic E-state index is 12.7. The third kappa shape index (κ3) is 11.9. The van der Waals surface area contributed by atoms with Gasteiger partial charge in [-0.1, -0.05) is 13.8 Å². The molecule has 0 aromatic heterocycles. The Morgan fingerprint density at radius 1 is 1.09 bits per heavy atom. The number of aromatic hydroxyl groups is 1. The van der Waals surface area contributed by atoms with E-state index in [1.165, 1.54) is 30.9 Å². The van der Waals surface area contributed by atoms with Gasteiger partial charge in [0.15, 0.2) is 0 Å². The summed E-state index contributed by atoms with van der Waals surface area (Å²) in [6.45, 7) is 8.91. The Morgan fingerprint density at radius 2 is 1.69 bits per heavy atom. The minimum atomic E-state index is -0.773. The first-order valence-corrected chi connectivity index (χ1v) is 12.4. The standard InChI is InChI=1S/C24H37N3O7S/c1-16(2)13-17(14-21(30)27(33)15-35-19-9-7-18(28)8-10-19)22(31)25-12-11-20(29)26(6)23(32)34-24(3,4)5/h7-10,16-17,28,33H,11-15H2,1-6H3,(H,25,31)/t17-/m1/s1. The van der Waals surface area contributed by atoms with E-state index < -0.39 is 35.3 Å². The fraction of sp³-hybridized carbons (Fsp3) is 0.583. The molecule has 35 heavy (non-hydrogen) atoms. The Hall–Kier alpha value is -2.79. The normalized spacial score (nSPS) is 12.1. The summed E-state index contributed by atoms with van der Waals surface area (Å²) in [5, 5.41) is 22.7. The van der Waals surface area contributed by atoms with E-state index >= 15 is 0 Å². The van der Waals surface area contributed by atoms with Crippen LogP contribution in [-0.4, -0.2) is 69.2 Å². The third-order valence-electron chi connectivity index (χ3n) is 4.71. The van der Waals surface area contributed by atoms with E-state index in [9.17, 15) is 29.5 Å². The zero-order valence-corrected chi connectivity index (χ0v) is 22.1. The highest BCUT2D eigenvalue weighted by Crippen LogP contribution is 2.22. The van der Waals surface area contributed by atoms with Crippen LogP contribution in [0.4, 0.5) is 4.79 Å². The van der Waals surface area contributed by atoms with Crippen LogP contribution in [0, 0.1) is 11.8 Å². The second-order valence-electron chi connectivity index (χ2n) is 9.57. The molecule has 0 saturated carbocycles. The Morgan fingerprint density at radius 3 is 2.23 bits per heavy atom. The fourth-order valence-electron chi connectivity index (χ4n) is 2.96. The fourth-order valence-corrected chi connectivity index (χ4v) is 3.70. The van der Waals surface area contributed by atoms with Gasteiger partial charge in [0.25, 0.3) is 0 Å². The summed E-state index contributed by atoms with van der Waals surface area (Å²) in [5.41, 5.74) is -0.737. The van der Waals surface area contributed by atoms with Gasteiger partial charge in [-0.25, -0.2) is 9.86 Å².